The van der Waals surface area contributed by atoms with Gasteiger partial charge in [0, 0.05) is 32.2 Å². The molecule has 2 rings (SSSR count). The quantitative estimate of drug-likeness (QED) is 0.669. The molecule has 1 N–H and O–H groups in total. The molecule has 2 unspecified atom stereocenters. The summed E-state index contributed by atoms with van der Waals surface area (Å²) >= 11 is 0. The second-order valence-corrected chi connectivity index (χ2v) is 5.25. The molecular weight excluding hydrogens is 202 g/mol. The van der Waals surface area contributed by atoms with E-state index in [2.05, 4.69) is 29.2 Å². The molecule has 2 fully saturated rings. The molecule has 2 aliphatic rings. The number of likely N-dealkylation sites (N-methyl/N-ethyl adjacent to an activating group) is 1. The van der Waals surface area contributed by atoms with E-state index in [4.69, 9.17) is 4.74 Å². The number of fused-ring (bicyclic) bond motifs is 1. The third-order valence-electron chi connectivity index (χ3n) is 3.57. The maximum Gasteiger partial charge on any atom is 0.0827 e. The Morgan fingerprint density at radius 3 is 3.12 bits per heavy atom. The van der Waals surface area contributed by atoms with Gasteiger partial charge in [0.15, 0.2) is 0 Å². The average Bonchev–Trinajstić information content (AvgIpc) is 2.71. The normalized spacial score (nSPS) is 30.9. The predicted molar refractivity (Wildman–Crippen MR) is 65.8 cm³/mol. The molecule has 2 heterocycles. The van der Waals surface area contributed by atoms with Crippen LogP contribution in [0.1, 0.15) is 12.8 Å². The first-order valence-electron chi connectivity index (χ1n) is 6.47. The summed E-state index contributed by atoms with van der Waals surface area (Å²) in [5, 5.41) is 3.47. The topological polar surface area (TPSA) is 27.7 Å². The fraction of sp³-hybridized carbons (Fsp3) is 1.00. The minimum Gasteiger partial charge on any atom is -0.374 e. The third kappa shape index (κ3) is 3.42. The van der Waals surface area contributed by atoms with Crippen LogP contribution >= 0.6 is 0 Å². The average molecular weight is 227 g/mol. The largest absolute Gasteiger partial charge is 0.374 e. The number of hydrogen-bond acceptors (Lipinski definition) is 4. The summed E-state index contributed by atoms with van der Waals surface area (Å²) < 4.78 is 5.88. The molecule has 2 saturated heterocycles. The van der Waals surface area contributed by atoms with Gasteiger partial charge < -0.3 is 15.0 Å². The lowest BCUT2D eigenvalue weighted by Gasteiger charge is -2.35. The summed E-state index contributed by atoms with van der Waals surface area (Å²) in [4.78, 5) is 4.80. The molecule has 0 spiro atoms. The molecule has 0 aromatic heterocycles. The van der Waals surface area contributed by atoms with E-state index in [-0.39, 0.29) is 0 Å². The summed E-state index contributed by atoms with van der Waals surface area (Å²) in [5.41, 5.74) is 0. The van der Waals surface area contributed by atoms with Crippen LogP contribution in [0.25, 0.3) is 0 Å². The minimum atomic E-state index is 0.400. The highest BCUT2D eigenvalue weighted by atomic mass is 16.5. The van der Waals surface area contributed by atoms with E-state index in [1.165, 1.54) is 19.4 Å². The van der Waals surface area contributed by atoms with Crippen molar-refractivity contribution in [3.8, 4) is 0 Å². The molecule has 2 aliphatic heterocycles. The number of ether oxygens (including phenoxy) is 1. The molecule has 0 bridgehead atoms. The molecule has 94 valence electrons. The second-order valence-electron chi connectivity index (χ2n) is 5.25. The number of hydrogen-bond donors (Lipinski definition) is 1. The van der Waals surface area contributed by atoms with Gasteiger partial charge >= 0.3 is 0 Å². The maximum absolute atomic E-state index is 5.88. The summed E-state index contributed by atoms with van der Waals surface area (Å²) in [5.74, 6) is 0. The highest BCUT2D eigenvalue weighted by Gasteiger charge is 2.31. The summed E-state index contributed by atoms with van der Waals surface area (Å²) in [6.45, 7) is 6.49. The van der Waals surface area contributed by atoms with Crippen LogP contribution in [0.2, 0.25) is 0 Å². The van der Waals surface area contributed by atoms with Gasteiger partial charge in [-0.2, -0.15) is 0 Å². The predicted octanol–water partition coefficient (Wildman–Crippen LogP) is 0.000800. The zero-order chi connectivity index (χ0) is 11.4. The van der Waals surface area contributed by atoms with Gasteiger partial charge in [-0.25, -0.2) is 0 Å². The monoisotopic (exact) mass is 227 g/mol. The van der Waals surface area contributed by atoms with Gasteiger partial charge in [-0.1, -0.05) is 0 Å². The lowest BCUT2D eigenvalue weighted by Crippen LogP contribution is -2.49. The Hall–Kier alpha value is -0.160. The van der Waals surface area contributed by atoms with E-state index in [0.29, 0.717) is 6.10 Å². The number of morpholine rings is 1. The fourth-order valence-electron chi connectivity index (χ4n) is 2.57. The van der Waals surface area contributed by atoms with Crippen molar-refractivity contribution in [1.82, 2.24) is 15.1 Å². The van der Waals surface area contributed by atoms with Crippen LogP contribution in [-0.2, 0) is 4.74 Å². The highest BCUT2D eigenvalue weighted by molar-refractivity contribution is 4.85. The Labute approximate surface area is 98.9 Å². The lowest BCUT2D eigenvalue weighted by molar-refractivity contribution is -0.0469. The van der Waals surface area contributed by atoms with Crippen molar-refractivity contribution >= 4 is 0 Å². The van der Waals surface area contributed by atoms with Crippen LogP contribution in [0.15, 0.2) is 0 Å². The van der Waals surface area contributed by atoms with Crippen LogP contribution in [-0.4, -0.2) is 75.4 Å². The van der Waals surface area contributed by atoms with Crippen LogP contribution in [0.5, 0.6) is 0 Å². The summed E-state index contributed by atoms with van der Waals surface area (Å²) in [7, 11) is 4.21. The first kappa shape index (κ1) is 12.3. The van der Waals surface area contributed by atoms with E-state index >= 15 is 0 Å². The van der Waals surface area contributed by atoms with Crippen molar-refractivity contribution in [3.05, 3.63) is 0 Å². The number of nitrogens with one attached hydrogen (secondary N) is 1. The molecule has 0 amide bonds. The molecule has 2 atom stereocenters. The van der Waals surface area contributed by atoms with Crippen molar-refractivity contribution in [2.24, 2.45) is 0 Å². The van der Waals surface area contributed by atoms with Crippen molar-refractivity contribution < 1.29 is 4.74 Å². The lowest BCUT2D eigenvalue weighted by atomic mass is 10.2. The highest BCUT2D eigenvalue weighted by Crippen LogP contribution is 2.22. The summed E-state index contributed by atoms with van der Waals surface area (Å²) in [6.07, 6.45) is 3.09. The molecule has 4 heteroatoms. The Bertz CT molecular complexity index is 210. The van der Waals surface area contributed by atoms with Crippen LogP contribution in [0, 0.1) is 0 Å². The van der Waals surface area contributed by atoms with E-state index in [1.807, 2.05) is 0 Å². The van der Waals surface area contributed by atoms with Gasteiger partial charge in [0.25, 0.3) is 0 Å². The van der Waals surface area contributed by atoms with E-state index in [9.17, 15) is 0 Å². The molecular formula is C12H25N3O. The molecule has 16 heavy (non-hydrogen) atoms. The van der Waals surface area contributed by atoms with Crippen LogP contribution < -0.4 is 5.32 Å². The molecule has 0 aromatic rings. The van der Waals surface area contributed by atoms with E-state index in [0.717, 1.165) is 38.8 Å². The Morgan fingerprint density at radius 2 is 2.31 bits per heavy atom. The number of nitrogens with zero attached hydrogens (tertiary/aromatic N) is 2. The van der Waals surface area contributed by atoms with Crippen LogP contribution in [0.3, 0.4) is 0 Å². The van der Waals surface area contributed by atoms with Crippen molar-refractivity contribution in [1.29, 1.82) is 0 Å². The van der Waals surface area contributed by atoms with Crippen molar-refractivity contribution in [2.75, 3.05) is 53.4 Å². The minimum absolute atomic E-state index is 0.400. The van der Waals surface area contributed by atoms with Gasteiger partial charge in [0.2, 0.25) is 0 Å². The molecule has 0 saturated carbocycles. The molecule has 0 aliphatic carbocycles. The first-order chi connectivity index (χ1) is 7.75. The zero-order valence-corrected chi connectivity index (χ0v) is 10.6. The zero-order valence-electron chi connectivity index (χ0n) is 10.6. The van der Waals surface area contributed by atoms with Gasteiger partial charge in [-0.05, 0) is 33.5 Å². The standard InChI is InChI=1S/C12H25N3O/c1-14(2)7-5-13-8-12-9-15-6-3-4-11(15)10-16-12/h11-13H,3-10H2,1-2H3. The van der Waals surface area contributed by atoms with E-state index in [1.54, 1.807) is 0 Å². The number of rotatable bonds is 5. The summed E-state index contributed by atoms with van der Waals surface area (Å²) in [6, 6.07) is 0.720. The van der Waals surface area contributed by atoms with Crippen LogP contribution in [0.4, 0.5) is 0 Å². The maximum atomic E-state index is 5.88. The first-order valence-corrected chi connectivity index (χ1v) is 6.47. The van der Waals surface area contributed by atoms with Gasteiger partial charge in [-0.3, -0.25) is 4.90 Å². The fourth-order valence-corrected chi connectivity index (χ4v) is 2.57. The van der Waals surface area contributed by atoms with Crippen molar-refractivity contribution in [2.45, 2.75) is 25.0 Å². The Morgan fingerprint density at radius 1 is 1.44 bits per heavy atom. The Balaban J connectivity index is 1.60. The molecule has 4 nitrogen and oxygen atoms in total. The third-order valence-corrected chi connectivity index (χ3v) is 3.57. The molecule has 0 aromatic carbocycles. The molecule has 0 radical (unpaired) electrons. The smallest absolute Gasteiger partial charge is 0.0827 e. The van der Waals surface area contributed by atoms with Gasteiger partial charge in [0.05, 0.1) is 12.7 Å². The Kier molecular flexibility index (Phi) is 4.58. The van der Waals surface area contributed by atoms with Crippen molar-refractivity contribution in [3.63, 3.8) is 0 Å². The van der Waals surface area contributed by atoms with E-state index < -0.39 is 0 Å². The van der Waals surface area contributed by atoms with Gasteiger partial charge in [-0.15, -0.1) is 0 Å². The SMILES string of the molecule is CN(C)CCNCC1CN2CCCC2CO1. The van der Waals surface area contributed by atoms with Gasteiger partial charge in [0.1, 0.15) is 0 Å². The second kappa shape index (κ2) is 5.96.